The van der Waals surface area contributed by atoms with Gasteiger partial charge in [-0.2, -0.15) is 0 Å². The number of fused-ring (bicyclic) bond motifs is 3. The summed E-state index contributed by atoms with van der Waals surface area (Å²) in [6.45, 7) is 10.0. The van der Waals surface area contributed by atoms with E-state index in [0.29, 0.717) is 5.06 Å². The molecule has 1 fully saturated rings. The molecule has 0 bridgehead atoms. The lowest BCUT2D eigenvalue weighted by atomic mass is 9.94. The van der Waals surface area contributed by atoms with E-state index in [1.54, 1.807) is 41.5 Å². The molecule has 0 radical (unpaired) electrons. The molecule has 3 amide bonds. The largest absolute Gasteiger partial charge is 0.460 e. The van der Waals surface area contributed by atoms with E-state index < -0.39 is 64.8 Å². The van der Waals surface area contributed by atoms with Crippen molar-refractivity contribution >= 4 is 41.6 Å². The van der Waals surface area contributed by atoms with E-state index >= 15 is 0 Å². The number of rotatable bonds is 14. The molecule has 1 saturated heterocycles. The van der Waals surface area contributed by atoms with E-state index in [2.05, 4.69) is 5.32 Å². The molecule has 2 aromatic rings. The monoisotopic (exact) mass is 706 g/mol. The number of hydrogen-bond donors (Lipinski definition) is 1. The molecule has 1 heterocycles. The number of nitrogens with zero attached hydrogens (tertiary/aromatic N) is 1. The summed E-state index contributed by atoms with van der Waals surface area (Å²) in [4.78, 5) is 93.5. The van der Waals surface area contributed by atoms with Gasteiger partial charge in [0, 0.05) is 38.0 Å². The highest BCUT2D eigenvalue weighted by Gasteiger charge is 2.35. The van der Waals surface area contributed by atoms with E-state index in [4.69, 9.17) is 19.0 Å². The molecule has 0 unspecified atom stereocenters. The summed E-state index contributed by atoms with van der Waals surface area (Å²) in [5, 5.41) is 2.97. The second-order valence-electron chi connectivity index (χ2n) is 14.7. The number of nitrogens with one attached hydrogen (secondary N) is 1. The third-order valence-corrected chi connectivity index (χ3v) is 8.15. The van der Waals surface area contributed by atoms with Gasteiger partial charge in [0.2, 0.25) is 0 Å². The van der Waals surface area contributed by atoms with Crippen molar-refractivity contribution in [3.8, 4) is 11.1 Å². The SMILES string of the molecule is CC(C)(C)OC(=O)[C@@H](CCC(=O)ON1C(=O)CCC1=O)CC(=O)CC[C@@H](NC(=O)OCC1c2ccccc2-c2ccccc21)C(=O)OC(C)(C)C. The number of ketones is 1. The first-order valence-electron chi connectivity index (χ1n) is 17.1. The van der Waals surface area contributed by atoms with Crippen LogP contribution in [0.15, 0.2) is 48.5 Å². The lowest BCUT2D eigenvalue weighted by Gasteiger charge is -2.25. The minimum Gasteiger partial charge on any atom is -0.460 e. The van der Waals surface area contributed by atoms with Crippen LogP contribution < -0.4 is 5.32 Å². The van der Waals surface area contributed by atoms with Gasteiger partial charge in [-0.25, -0.2) is 14.4 Å². The average molecular weight is 707 g/mol. The van der Waals surface area contributed by atoms with E-state index in [0.717, 1.165) is 22.3 Å². The maximum atomic E-state index is 13.2. The van der Waals surface area contributed by atoms with Gasteiger partial charge in [-0.15, -0.1) is 5.06 Å². The number of Topliss-reactive ketones (excluding diaryl/α,β-unsaturated/α-hetero) is 1. The van der Waals surface area contributed by atoms with Gasteiger partial charge in [-0.1, -0.05) is 48.5 Å². The van der Waals surface area contributed by atoms with Gasteiger partial charge in [0.05, 0.1) is 5.92 Å². The number of esters is 2. The van der Waals surface area contributed by atoms with Crippen molar-refractivity contribution in [1.82, 2.24) is 10.4 Å². The van der Waals surface area contributed by atoms with E-state index in [1.807, 2.05) is 48.5 Å². The smallest absolute Gasteiger partial charge is 0.407 e. The van der Waals surface area contributed by atoms with Crippen molar-refractivity contribution < 1.29 is 52.6 Å². The van der Waals surface area contributed by atoms with E-state index in [9.17, 15) is 33.6 Å². The first-order valence-corrected chi connectivity index (χ1v) is 17.1. The first-order chi connectivity index (χ1) is 23.9. The molecule has 1 N–H and O–H groups in total. The third kappa shape index (κ3) is 11.0. The number of benzene rings is 2. The van der Waals surface area contributed by atoms with Gasteiger partial charge in [-0.3, -0.25) is 19.2 Å². The van der Waals surface area contributed by atoms with Crippen molar-refractivity contribution in [3.63, 3.8) is 0 Å². The van der Waals surface area contributed by atoms with Crippen LogP contribution in [0.2, 0.25) is 0 Å². The van der Waals surface area contributed by atoms with Crippen LogP contribution in [0.1, 0.15) is 104 Å². The Hall–Kier alpha value is -5.07. The highest BCUT2D eigenvalue weighted by atomic mass is 16.7. The minimum atomic E-state index is -1.24. The van der Waals surface area contributed by atoms with Crippen molar-refractivity contribution in [2.75, 3.05) is 6.61 Å². The van der Waals surface area contributed by atoms with Crippen molar-refractivity contribution in [3.05, 3.63) is 59.7 Å². The number of hydrogen-bond acceptors (Lipinski definition) is 11. The van der Waals surface area contributed by atoms with Gasteiger partial charge in [0.15, 0.2) is 0 Å². The van der Waals surface area contributed by atoms with Crippen LogP contribution in [0, 0.1) is 5.92 Å². The molecule has 274 valence electrons. The molecule has 13 heteroatoms. The molecule has 0 saturated carbocycles. The molecule has 2 atom stereocenters. The molecule has 2 aromatic carbocycles. The van der Waals surface area contributed by atoms with Crippen molar-refractivity contribution in [2.45, 2.75) is 110 Å². The summed E-state index contributed by atoms with van der Waals surface area (Å²) in [6.07, 6.45) is -2.26. The Kier molecular flexibility index (Phi) is 12.4. The predicted molar refractivity (Wildman–Crippen MR) is 182 cm³/mol. The van der Waals surface area contributed by atoms with Gasteiger partial charge in [-0.05, 0) is 76.6 Å². The maximum absolute atomic E-state index is 13.2. The number of ether oxygens (including phenoxy) is 3. The molecular formula is C38H46N2O11. The Bertz CT molecular complexity index is 1610. The van der Waals surface area contributed by atoms with Crippen molar-refractivity contribution in [1.29, 1.82) is 0 Å². The molecule has 4 rings (SSSR count). The summed E-state index contributed by atoms with van der Waals surface area (Å²) in [5.74, 6) is -5.40. The summed E-state index contributed by atoms with van der Waals surface area (Å²) >= 11 is 0. The number of imide groups is 1. The number of hydroxylamine groups is 2. The van der Waals surface area contributed by atoms with E-state index in [1.165, 1.54) is 0 Å². The number of amides is 3. The Morgan fingerprint density at radius 1 is 0.765 bits per heavy atom. The molecule has 1 aliphatic heterocycles. The van der Waals surface area contributed by atoms with Crippen LogP contribution in [-0.2, 0) is 47.8 Å². The van der Waals surface area contributed by atoms with E-state index in [-0.39, 0.29) is 57.5 Å². The normalized spacial score (nSPS) is 15.4. The Morgan fingerprint density at radius 3 is 1.84 bits per heavy atom. The molecule has 2 aliphatic rings. The highest BCUT2D eigenvalue weighted by molar-refractivity contribution is 6.01. The Labute approximate surface area is 297 Å². The van der Waals surface area contributed by atoms with Crippen LogP contribution in [0.3, 0.4) is 0 Å². The molecule has 13 nitrogen and oxygen atoms in total. The van der Waals surface area contributed by atoms with Crippen LogP contribution in [-0.4, -0.2) is 70.5 Å². The summed E-state index contributed by atoms with van der Waals surface area (Å²) in [6, 6.07) is 14.5. The molecular weight excluding hydrogens is 660 g/mol. The zero-order valence-electron chi connectivity index (χ0n) is 29.9. The van der Waals surface area contributed by atoms with Crippen LogP contribution in [0.25, 0.3) is 11.1 Å². The highest BCUT2D eigenvalue weighted by Crippen LogP contribution is 2.44. The number of carbonyl (C=O) groups is 7. The lowest BCUT2D eigenvalue weighted by molar-refractivity contribution is -0.197. The Balaban J connectivity index is 1.38. The second-order valence-corrected chi connectivity index (χ2v) is 14.7. The van der Waals surface area contributed by atoms with Gasteiger partial charge in [0.1, 0.15) is 29.6 Å². The van der Waals surface area contributed by atoms with Gasteiger partial charge >= 0.3 is 24.0 Å². The third-order valence-electron chi connectivity index (χ3n) is 8.15. The molecule has 0 spiro atoms. The fourth-order valence-corrected chi connectivity index (χ4v) is 5.87. The van der Waals surface area contributed by atoms with Gasteiger partial charge in [0.25, 0.3) is 11.8 Å². The Morgan fingerprint density at radius 2 is 1.29 bits per heavy atom. The predicted octanol–water partition coefficient (Wildman–Crippen LogP) is 5.32. The molecule has 0 aromatic heterocycles. The van der Waals surface area contributed by atoms with Crippen LogP contribution in [0.4, 0.5) is 4.79 Å². The fraction of sp³-hybridized carbons (Fsp3) is 0.500. The number of carbonyl (C=O) groups excluding carboxylic acids is 7. The topological polar surface area (TPSA) is 172 Å². The number of alkyl carbamates (subject to hydrolysis) is 1. The first kappa shape index (κ1) is 38.7. The molecule has 51 heavy (non-hydrogen) atoms. The maximum Gasteiger partial charge on any atom is 0.407 e. The van der Waals surface area contributed by atoms with Crippen molar-refractivity contribution in [2.24, 2.45) is 5.92 Å². The van der Waals surface area contributed by atoms with Crippen LogP contribution in [0.5, 0.6) is 0 Å². The average Bonchev–Trinajstić information content (AvgIpc) is 3.53. The zero-order valence-corrected chi connectivity index (χ0v) is 29.9. The summed E-state index contributed by atoms with van der Waals surface area (Å²) in [5.41, 5.74) is 2.39. The van der Waals surface area contributed by atoms with Crippen LogP contribution >= 0.6 is 0 Å². The quantitative estimate of drug-likeness (QED) is 0.153. The lowest BCUT2D eigenvalue weighted by Crippen LogP contribution is -2.45. The molecule has 1 aliphatic carbocycles. The minimum absolute atomic E-state index is 0.0138. The standard InChI is InChI=1S/C38H46N2O11/c1-37(2,3)49-34(45)23(15-20-33(44)51-40-31(42)18-19-32(40)43)21-24(41)16-17-30(35(46)50-38(4,5)6)39-36(47)48-22-29-27-13-9-7-11-25(27)26-12-8-10-14-28(26)29/h7-14,23,29-30H,15-22H2,1-6H3,(H,39,47)/t23-,30+/m0/s1. The zero-order chi connectivity index (χ0) is 37.5. The fourth-order valence-electron chi connectivity index (χ4n) is 5.87. The summed E-state index contributed by atoms with van der Waals surface area (Å²) in [7, 11) is 0. The van der Waals surface area contributed by atoms with Gasteiger partial charge < -0.3 is 24.4 Å². The summed E-state index contributed by atoms with van der Waals surface area (Å²) < 4.78 is 16.6. The second kappa shape index (κ2) is 16.3.